The lowest BCUT2D eigenvalue weighted by atomic mass is 9.93. The van der Waals surface area contributed by atoms with E-state index in [1.165, 1.54) is 37.8 Å². The maximum atomic E-state index is 11.0. The van der Waals surface area contributed by atoms with Crippen LogP contribution < -0.4 is 0 Å². The monoisotopic (exact) mass is 325 g/mol. The summed E-state index contributed by atoms with van der Waals surface area (Å²) in [4.78, 5) is 6.77. The Morgan fingerprint density at radius 3 is 2.71 bits per heavy atom. The molecule has 128 valence electrons. The lowest BCUT2D eigenvalue weighted by Gasteiger charge is -2.27. The molecule has 2 aliphatic rings. The van der Waals surface area contributed by atoms with Crippen LogP contribution in [0.15, 0.2) is 42.9 Å². The molecule has 0 spiro atoms. The molecule has 1 aromatic carbocycles. The Bertz CT molecular complexity index is 663. The van der Waals surface area contributed by atoms with Gasteiger partial charge in [-0.05, 0) is 24.8 Å². The normalized spacial score (nSPS) is 26.0. The van der Waals surface area contributed by atoms with Crippen molar-refractivity contribution in [2.45, 2.75) is 56.7 Å². The molecular formula is C20H27N3O. The number of likely N-dealkylation sites (tertiary alicyclic amines) is 1. The first-order chi connectivity index (χ1) is 11.7. The van der Waals surface area contributed by atoms with Crippen molar-refractivity contribution in [2.24, 2.45) is 0 Å². The number of hydrogen-bond donors (Lipinski definition) is 1. The first-order valence-electron chi connectivity index (χ1n) is 9.26. The van der Waals surface area contributed by atoms with Crippen LogP contribution in [0.4, 0.5) is 0 Å². The molecule has 24 heavy (non-hydrogen) atoms. The second-order valence-electron chi connectivity index (χ2n) is 7.44. The number of aromatic nitrogens is 2. The van der Waals surface area contributed by atoms with E-state index in [0.717, 1.165) is 25.1 Å². The van der Waals surface area contributed by atoms with E-state index in [1.807, 2.05) is 42.9 Å². The van der Waals surface area contributed by atoms with Crippen LogP contribution in [0.5, 0.6) is 0 Å². The number of imidazole rings is 1. The Morgan fingerprint density at radius 1 is 1.12 bits per heavy atom. The Kier molecular flexibility index (Phi) is 4.42. The first kappa shape index (κ1) is 15.9. The maximum Gasteiger partial charge on any atom is 0.103 e. The number of nitrogens with zero attached hydrogens (tertiary/aromatic N) is 3. The number of β-amino-alcohol motifs (C(OH)–C–C–N with tert-alkyl or cyclic N) is 1. The van der Waals surface area contributed by atoms with E-state index < -0.39 is 5.60 Å². The molecule has 1 saturated carbocycles. The molecule has 1 aliphatic carbocycles. The Morgan fingerprint density at radius 2 is 1.92 bits per heavy atom. The van der Waals surface area contributed by atoms with E-state index in [2.05, 4.69) is 14.5 Å². The van der Waals surface area contributed by atoms with Gasteiger partial charge < -0.3 is 9.67 Å². The fourth-order valence-corrected chi connectivity index (χ4v) is 4.36. The smallest absolute Gasteiger partial charge is 0.103 e. The van der Waals surface area contributed by atoms with Gasteiger partial charge in [0.15, 0.2) is 0 Å². The van der Waals surface area contributed by atoms with Gasteiger partial charge in [-0.1, -0.05) is 49.6 Å². The van der Waals surface area contributed by atoms with Crippen molar-refractivity contribution in [3.05, 3.63) is 54.1 Å². The van der Waals surface area contributed by atoms with E-state index in [1.54, 1.807) is 0 Å². The fraction of sp³-hybridized carbons (Fsp3) is 0.550. The highest BCUT2D eigenvalue weighted by molar-refractivity contribution is 5.24. The summed E-state index contributed by atoms with van der Waals surface area (Å²) in [6.45, 7) is 2.51. The highest BCUT2D eigenvalue weighted by Gasteiger charge is 2.37. The van der Waals surface area contributed by atoms with Gasteiger partial charge >= 0.3 is 0 Å². The summed E-state index contributed by atoms with van der Waals surface area (Å²) in [7, 11) is 0. The molecular weight excluding hydrogens is 298 g/mol. The number of benzene rings is 1. The van der Waals surface area contributed by atoms with Crippen LogP contribution >= 0.6 is 0 Å². The predicted molar refractivity (Wildman–Crippen MR) is 94.6 cm³/mol. The molecule has 2 heterocycles. The number of hydrogen-bond acceptors (Lipinski definition) is 3. The molecule has 1 N–H and O–H groups in total. The SMILES string of the molecule is O[C@@]1(c2ccccc2)CCN(Cc2cncn2C2CCCCC2)C1. The molecule has 2 fully saturated rings. The lowest BCUT2D eigenvalue weighted by molar-refractivity contribution is 0.0449. The van der Waals surface area contributed by atoms with Gasteiger partial charge in [-0.15, -0.1) is 0 Å². The van der Waals surface area contributed by atoms with E-state index in [0.29, 0.717) is 12.6 Å². The molecule has 1 saturated heterocycles. The summed E-state index contributed by atoms with van der Waals surface area (Å²) >= 11 is 0. The van der Waals surface area contributed by atoms with Crippen molar-refractivity contribution in [1.82, 2.24) is 14.5 Å². The Labute approximate surface area is 144 Å². The van der Waals surface area contributed by atoms with Crippen LogP contribution in [0, 0.1) is 0 Å². The predicted octanol–water partition coefficient (Wildman–Crippen LogP) is 3.48. The minimum Gasteiger partial charge on any atom is -0.384 e. The molecule has 1 aliphatic heterocycles. The molecule has 4 heteroatoms. The molecule has 0 unspecified atom stereocenters. The van der Waals surface area contributed by atoms with E-state index >= 15 is 0 Å². The fourth-order valence-electron chi connectivity index (χ4n) is 4.36. The third kappa shape index (κ3) is 3.13. The summed E-state index contributed by atoms with van der Waals surface area (Å²) in [5.41, 5.74) is 1.62. The molecule has 0 bridgehead atoms. The van der Waals surface area contributed by atoms with Crippen molar-refractivity contribution in [3.8, 4) is 0 Å². The van der Waals surface area contributed by atoms with Crippen molar-refractivity contribution in [2.75, 3.05) is 13.1 Å². The third-order valence-corrected chi connectivity index (χ3v) is 5.74. The summed E-state index contributed by atoms with van der Waals surface area (Å²) in [5.74, 6) is 0. The third-order valence-electron chi connectivity index (χ3n) is 5.74. The van der Waals surface area contributed by atoms with Gasteiger partial charge in [0.1, 0.15) is 5.60 Å². The minimum atomic E-state index is -0.711. The zero-order chi connectivity index (χ0) is 16.4. The highest BCUT2D eigenvalue weighted by Crippen LogP contribution is 2.33. The van der Waals surface area contributed by atoms with Crippen molar-refractivity contribution >= 4 is 0 Å². The first-order valence-corrected chi connectivity index (χ1v) is 9.26. The van der Waals surface area contributed by atoms with Crippen LogP contribution in [0.3, 0.4) is 0 Å². The molecule has 2 aromatic rings. The van der Waals surface area contributed by atoms with Crippen molar-refractivity contribution in [3.63, 3.8) is 0 Å². The van der Waals surface area contributed by atoms with E-state index in [4.69, 9.17) is 0 Å². The standard InChI is InChI=1S/C20H27N3O/c24-20(17-7-3-1-4-8-17)11-12-22(15-20)14-19-13-21-16-23(19)18-9-5-2-6-10-18/h1,3-4,7-8,13,16,18,24H,2,5-6,9-12,14-15H2/t20-/m0/s1. The second kappa shape index (κ2) is 6.69. The van der Waals surface area contributed by atoms with Gasteiger partial charge in [-0.2, -0.15) is 0 Å². The lowest BCUT2D eigenvalue weighted by Crippen LogP contribution is -2.31. The topological polar surface area (TPSA) is 41.3 Å². The van der Waals surface area contributed by atoms with Gasteiger partial charge in [0.05, 0.1) is 12.0 Å². The Hall–Kier alpha value is -1.65. The quantitative estimate of drug-likeness (QED) is 0.935. The van der Waals surface area contributed by atoms with Crippen LogP contribution in [0.1, 0.15) is 55.8 Å². The van der Waals surface area contributed by atoms with Gasteiger partial charge in [-0.3, -0.25) is 4.90 Å². The molecule has 0 radical (unpaired) electrons. The summed E-state index contributed by atoms with van der Waals surface area (Å²) in [6, 6.07) is 10.7. The molecule has 0 amide bonds. The van der Waals surface area contributed by atoms with Crippen LogP contribution in [0.25, 0.3) is 0 Å². The zero-order valence-electron chi connectivity index (χ0n) is 14.3. The number of rotatable bonds is 4. The van der Waals surface area contributed by atoms with Gasteiger partial charge in [0.25, 0.3) is 0 Å². The molecule has 4 rings (SSSR count). The van der Waals surface area contributed by atoms with Crippen molar-refractivity contribution in [1.29, 1.82) is 0 Å². The summed E-state index contributed by atoms with van der Waals surface area (Å²) in [5, 5.41) is 11.0. The number of aliphatic hydroxyl groups is 1. The van der Waals surface area contributed by atoms with Crippen LogP contribution in [-0.2, 0) is 12.1 Å². The Balaban J connectivity index is 1.45. The largest absolute Gasteiger partial charge is 0.384 e. The average molecular weight is 325 g/mol. The molecule has 4 nitrogen and oxygen atoms in total. The van der Waals surface area contributed by atoms with Gasteiger partial charge in [-0.25, -0.2) is 4.98 Å². The van der Waals surface area contributed by atoms with Crippen LogP contribution in [-0.4, -0.2) is 32.6 Å². The van der Waals surface area contributed by atoms with E-state index in [-0.39, 0.29) is 0 Å². The maximum absolute atomic E-state index is 11.0. The van der Waals surface area contributed by atoms with Gasteiger partial charge in [0, 0.05) is 31.9 Å². The zero-order valence-corrected chi connectivity index (χ0v) is 14.3. The minimum absolute atomic E-state index is 0.617. The van der Waals surface area contributed by atoms with Crippen molar-refractivity contribution < 1.29 is 5.11 Å². The second-order valence-corrected chi connectivity index (χ2v) is 7.44. The summed E-state index contributed by atoms with van der Waals surface area (Å²) in [6.07, 6.45) is 11.4. The molecule has 1 aromatic heterocycles. The molecule has 1 atom stereocenters. The van der Waals surface area contributed by atoms with E-state index in [9.17, 15) is 5.11 Å². The summed E-state index contributed by atoms with van der Waals surface area (Å²) < 4.78 is 2.39. The highest BCUT2D eigenvalue weighted by atomic mass is 16.3. The van der Waals surface area contributed by atoms with Crippen LogP contribution in [0.2, 0.25) is 0 Å². The van der Waals surface area contributed by atoms with Gasteiger partial charge in [0.2, 0.25) is 0 Å². The average Bonchev–Trinajstić information content (AvgIpc) is 3.24.